The molecule has 0 radical (unpaired) electrons. The number of pyridine rings is 1. The summed E-state index contributed by atoms with van der Waals surface area (Å²) in [6, 6.07) is 11.6. The maximum atomic E-state index is 13.3. The SMILES string of the molecule is O=C(NCc1ccc(Cl)cc1)c1cn2c3c(cc(CN4CCOCC4)cc3c1=S)OC(CNCCO)C2. The third-order valence-electron chi connectivity index (χ3n) is 6.67. The molecule has 3 N–H and O–H groups in total. The Kier molecular flexibility index (Phi) is 8.39. The van der Waals surface area contributed by atoms with Crippen molar-refractivity contribution >= 4 is 40.6 Å². The molecule has 3 heterocycles. The summed E-state index contributed by atoms with van der Waals surface area (Å²) in [6.45, 7) is 6.02. The number of ether oxygens (including phenoxy) is 2. The Labute approximate surface area is 226 Å². The van der Waals surface area contributed by atoms with Crippen LogP contribution in [0.25, 0.3) is 10.9 Å². The summed E-state index contributed by atoms with van der Waals surface area (Å²) in [5.74, 6) is 0.550. The molecule has 1 unspecified atom stereocenters. The number of halogens is 1. The molecular weight excluding hydrogens is 512 g/mol. The number of amides is 1. The van der Waals surface area contributed by atoms with Gasteiger partial charge < -0.3 is 29.8 Å². The third kappa shape index (κ3) is 6.14. The van der Waals surface area contributed by atoms with Crippen LogP contribution in [0.2, 0.25) is 5.02 Å². The van der Waals surface area contributed by atoms with Crippen LogP contribution in [-0.4, -0.2) is 72.6 Å². The molecule has 2 aromatic carbocycles. The highest BCUT2D eigenvalue weighted by Crippen LogP contribution is 2.34. The molecule has 10 heteroatoms. The summed E-state index contributed by atoms with van der Waals surface area (Å²) >= 11 is 11.9. The zero-order chi connectivity index (χ0) is 25.8. The summed E-state index contributed by atoms with van der Waals surface area (Å²) in [5, 5.41) is 16.9. The van der Waals surface area contributed by atoms with Gasteiger partial charge in [-0.15, -0.1) is 0 Å². The average Bonchev–Trinajstić information content (AvgIpc) is 2.90. The molecule has 0 spiro atoms. The number of carbonyl (C=O) groups excluding carboxylic acids is 1. The van der Waals surface area contributed by atoms with E-state index in [0.717, 1.165) is 60.6 Å². The van der Waals surface area contributed by atoms with Gasteiger partial charge in [-0.25, -0.2) is 0 Å². The van der Waals surface area contributed by atoms with Crippen molar-refractivity contribution in [3.63, 3.8) is 0 Å². The van der Waals surface area contributed by atoms with Crippen molar-refractivity contribution in [1.82, 2.24) is 20.1 Å². The standard InChI is InChI=1S/C27H31ClN4O4S/c28-20-3-1-18(2-4-20)13-30-27(34)23-17-32-16-21(14-29-5-8-33)36-24-12-19(11-22(25(24)32)26(23)37)15-31-6-9-35-10-7-31/h1-4,11-12,17,21,29,33H,5-10,13-16H2,(H,30,34). The zero-order valence-corrected chi connectivity index (χ0v) is 22.1. The van der Waals surface area contributed by atoms with Crippen molar-refractivity contribution in [3.8, 4) is 5.75 Å². The van der Waals surface area contributed by atoms with E-state index in [0.29, 0.717) is 41.3 Å². The van der Waals surface area contributed by atoms with E-state index in [1.807, 2.05) is 18.3 Å². The molecular formula is C27H31ClN4O4S. The summed E-state index contributed by atoms with van der Waals surface area (Å²) in [5.41, 5.74) is 3.42. The van der Waals surface area contributed by atoms with Gasteiger partial charge in [-0.1, -0.05) is 36.0 Å². The Morgan fingerprint density at radius 3 is 2.70 bits per heavy atom. The second-order valence-electron chi connectivity index (χ2n) is 9.38. The van der Waals surface area contributed by atoms with Crippen molar-refractivity contribution in [3.05, 3.63) is 68.8 Å². The van der Waals surface area contributed by atoms with E-state index < -0.39 is 0 Å². The van der Waals surface area contributed by atoms with Crippen LogP contribution in [0.15, 0.2) is 42.6 Å². The number of morpholine rings is 1. The van der Waals surface area contributed by atoms with E-state index in [9.17, 15) is 4.79 Å². The quantitative estimate of drug-likeness (QED) is 0.283. The number of aliphatic hydroxyl groups is 1. The molecule has 5 rings (SSSR count). The van der Waals surface area contributed by atoms with Gasteiger partial charge in [0.2, 0.25) is 0 Å². The van der Waals surface area contributed by atoms with Gasteiger partial charge in [0.05, 0.1) is 42.0 Å². The first-order valence-corrected chi connectivity index (χ1v) is 13.3. The first-order chi connectivity index (χ1) is 18.0. The Bertz CT molecular complexity index is 1320. The molecule has 1 aromatic heterocycles. The van der Waals surface area contributed by atoms with Gasteiger partial charge in [0, 0.05) is 55.9 Å². The van der Waals surface area contributed by atoms with E-state index in [1.165, 1.54) is 0 Å². The van der Waals surface area contributed by atoms with E-state index in [4.69, 9.17) is 38.4 Å². The van der Waals surface area contributed by atoms with Crippen LogP contribution >= 0.6 is 23.8 Å². The number of aromatic nitrogens is 1. The van der Waals surface area contributed by atoms with Gasteiger partial charge in [0.15, 0.2) is 0 Å². The molecule has 8 nitrogen and oxygen atoms in total. The lowest BCUT2D eigenvalue weighted by atomic mass is 10.0. The van der Waals surface area contributed by atoms with E-state index >= 15 is 0 Å². The van der Waals surface area contributed by atoms with Gasteiger partial charge in [-0.2, -0.15) is 0 Å². The largest absolute Gasteiger partial charge is 0.485 e. The molecule has 1 atom stereocenters. The predicted octanol–water partition coefficient (Wildman–Crippen LogP) is 3.13. The maximum absolute atomic E-state index is 13.3. The molecule has 196 valence electrons. The number of hydrogen-bond acceptors (Lipinski definition) is 7. The van der Waals surface area contributed by atoms with Crippen molar-refractivity contribution in [1.29, 1.82) is 0 Å². The predicted molar refractivity (Wildman–Crippen MR) is 146 cm³/mol. The molecule has 37 heavy (non-hydrogen) atoms. The van der Waals surface area contributed by atoms with Gasteiger partial charge >= 0.3 is 0 Å². The van der Waals surface area contributed by atoms with Gasteiger partial charge in [0.1, 0.15) is 11.9 Å². The molecule has 1 saturated heterocycles. The van der Waals surface area contributed by atoms with Crippen molar-refractivity contribution in [2.45, 2.75) is 25.7 Å². The van der Waals surface area contributed by atoms with Crippen molar-refractivity contribution < 1.29 is 19.4 Å². The lowest BCUT2D eigenvalue weighted by molar-refractivity contribution is 0.0341. The Morgan fingerprint density at radius 2 is 1.95 bits per heavy atom. The molecule has 2 aliphatic rings. The number of hydrogen-bond donors (Lipinski definition) is 3. The van der Waals surface area contributed by atoms with Crippen LogP contribution in [0.3, 0.4) is 0 Å². The second kappa shape index (κ2) is 11.9. The van der Waals surface area contributed by atoms with Crippen molar-refractivity contribution in [2.24, 2.45) is 0 Å². The summed E-state index contributed by atoms with van der Waals surface area (Å²) < 4.78 is 14.5. The minimum Gasteiger partial charge on any atom is -0.485 e. The summed E-state index contributed by atoms with van der Waals surface area (Å²) in [7, 11) is 0. The number of carbonyl (C=O) groups is 1. The Balaban J connectivity index is 1.47. The Morgan fingerprint density at radius 1 is 1.16 bits per heavy atom. The topological polar surface area (TPSA) is 88.0 Å². The number of benzene rings is 2. The fraction of sp³-hybridized carbons (Fsp3) is 0.407. The number of nitrogens with zero attached hydrogens (tertiary/aromatic N) is 2. The van der Waals surface area contributed by atoms with E-state index in [1.54, 1.807) is 12.1 Å². The molecule has 1 amide bonds. The number of aliphatic hydroxyl groups excluding tert-OH is 1. The highest BCUT2D eigenvalue weighted by Gasteiger charge is 2.25. The van der Waals surface area contributed by atoms with Crippen LogP contribution in [0, 0.1) is 4.51 Å². The van der Waals surface area contributed by atoms with E-state index in [-0.39, 0.29) is 18.6 Å². The summed E-state index contributed by atoms with van der Waals surface area (Å²) in [4.78, 5) is 15.7. The minimum absolute atomic E-state index is 0.0625. The van der Waals surface area contributed by atoms with Crippen LogP contribution in [-0.2, 0) is 24.4 Å². The molecule has 0 aliphatic carbocycles. The molecule has 2 aliphatic heterocycles. The summed E-state index contributed by atoms with van der Waals surface area (Å²) in [6.07, 6.45) is 1.70. The smallest absolute Gasteiger partial charge is 0.254 e. The second-order valence-corrected chi connectivity index (χ2v) is 10.2. The van der Waals surface area contributed by atoms with Crippen LogP contribution in [0.1, 0.15) is 21.5 Å². The lowest BCUT2D eigenvalue weighted by Gasteiger charge is -2.31. The number of rotatable bonds is 9. The highest BCUT2D eigenvalue weighted by atomic mass is 35.5. The first-order valence-electron chi connectivity index (χ1n) is 12.5. The normalized spacial score (nSPS) is 17.5. The highest BCUT2D eigenvalue weighted by molar-refractivity contribution is 7.71. The zero-order valence-electron chi connectivity index (χ0n) is 20.5. The van der Waals surface area contributed by atoms with Gasteiger partial charge in [-0.05, 0) is 35.4 Å². The molecule has 0 saturated carbocycles. The fourth-order valence-electron chi connectivity index (χ4n) is 4.83. The fourth-order valence-corrected chi connectivity index (χ4v) is 5.25. The van der Waals surface area contributed by atoms with Gasteiger partial charge in [-0.3, -0.25) is 9.69 Å². The van der Waals surface area contributed by atoms with Crippen LogP contribution in [0.4, 0.5) is 0 Å². The molecule has 3 aromatic rings. The maximum Gasteiger partial charge on any atom is 0.254 e. The minimum atomic E-state index is -0.216. The van der Waals surface area contributed by atoms with Crippen LogP contribution in [0.5, 0.6) is 5.75 Å². The monoisotopic (exact) mass is 542 g/mol. The first kappa shape index (κ1) is 26.1. The lowest BCUT2D eigenvalue weighted by Crippen LogP contribution is -2.39. The number of nitrogens with one attached hydrogen (secondary N) is 2. The van der Waals surface area contributed by atoms with Crippen LogP contribution < -0.4 is 15.4 Å². The van der Waals surface area contributed by atoms with Crippen molar-refractivity contribution in [2.75, 3.05) is 46.0 Å². The molecule has 0 bridgehead atoms. The molecule has 1 fully saturated rings. The Hall–Kier alpha value is -2.53. The van der Waals surface area contributed by atoms with E-state index in [2.05, 4.69) is 32.2 Å². The van der Waals surface area contributed by atoms with Gasteiger partial charge in [0.25, 0.3) is 5.91 Å². The average molecular weight is 543 g/mol. The third-order valence-corrected chi connectivity index (χ3v) is 7.36.